The second kappa shape index (κ2) is 5.77. The average Bonchev–Trinajstić information content (AvgIpc) is 2.45. The molecule has 1 heterocycles. The van der Waals surface area contributed by atoms with Crippen LogP contribution in [0.1, 0.15) is 11.1 Å². The Labute approximate surface area is 113 Å². The topological polar surface area (TPSA) is 53.5 Å². The first kappa shape index (κ1) is 14.1. The van der Waals surface area contributed by atoms with E-state index in [0.29, 0.717) is 6.54 Å². The average molecular weight is 283 g/mol. The summed E-state index contributed by atoms with van der Waals surface area (Å²) in [6.07, 6.45) is -1.50. The fourth-order valence-corrected chi connectivity index (χ4v) is 1.74. The van der Waals surface area contributed by atoms with E-state index in [9.17, 15) is 18.0 Å². The van der Waals surface area contributed by atoms with E-state index in [1.54, 1.807) is 6.08 Å². The molecule has 0 spiro atoms. The normalized spacial score (nSPS) is 14.4. The van der Waals surface area contributed by atoms with Gasteiger partial charge in [-0.3, -0.25) is 4.79 Å². The highest BCUT2D eigenvalue weighted by Gasteiger charge is 2.32. The van der Waals surface area contributed by atoms with Crippen molar-refractivity contribution in [2.75, 3.05) is 6.54 Å². The molecule has 1 amide bonds. The summed E-state index contributed by atoms with van der Waals surface area (Å²) in [5, 5.41) is 5.21. The van der Waals surface area contributed by atoms with Crippen molar-refractivity contribution < 1.29 is 18.0 Å². The lowest BCUT2D eigenvalue weighted by Crippen LogP contribution is -2.28. The summed E-state index contributed by atoms with van der Waals surface area (Å²) in [7, 11) is 0. The van der Waals surface area contributed by atoms with Gasteiger partial charge in [0.05, 0.1) is 11.9 Å². The molecule has 1 aliphatic rings. The summed E-state index contributed by atoms with van der Waals surface area (Å²) in [4.78, 5) is 15.5. The van der Waals surface area contributed by atoms with Gasteiger partial charge >= 0.3 is 6.18 Å². The van der Waals surface area contributed by atoms with Crippen molar-refractivity contribution in [2.45, 2.75) is 12.7 Å². The predicted octanol–water partition coefficient (Wildman–Crippen LogP) is 1.84. The molecular formula is C13H12F3N3O. The van der Waals surface area contributed by atoms with Gasteiger partial charge in [0.15, 0.2) is 0 Å². The first-order chi connectivity index (χ1) is 9.48. The van der Waals surface area contributed by atoms with Gasteiger partial charge in [0.1, 0.15) is 5.70 Å². The SMILES string of the molecule is O=C(NCc1ccccc1C(F)(F)F)C1=CCNC=N1. The number of amides is 1. The lowest BCUT2D eigenvalue weighted by atomic mass is 10.1. The molecule has 106 valence electrons. The third-order valence-corrected chi connectivity index (χ3v) is 2.70. The number of benzene rings is 1. The summed E-state index contributed by atoms with van der Waals surface area (Å²) in [5.41, 5.74) is -0.539. The summed E-state index contributed by atoms with van der Waals surface area (Å²) in [6.45, 7) is 0.264. The van der Waals surface area contributed by atoms with E-state index in [1.165, 1.54) is 24.5 Å². The molecule has 0 saturated carbocycles. The zero-order chi connectivity index (χ0) is 14.6. The van der Waals surface area contributed by atoms with Gasteiger partial charge < -0.3 is 10.6 Å². The Morgan fingerprint density at radius 1 is 1.35 bits per heavy atom. The molecule has 0 atom stereocenters. The van der Waals surface area contributed by atoms with Crippen LogP contribution in [0.15, 0.2) is 41.0 Å². The Morgan fingerprint density at radius 3 is 2.75 bits per heavy atom. The van der Waals surface area contributed by atoms with Crippen molar-refractivity contribution in [1.29, 1.82) is 0 Å². The van der Waals surface area contributed by atoms with Crippen LogP contribution < -0.4 is 10.6 Å². The minimum Gasteiger partial charge on any atom is -0.373 e. The molecule has 0 aliphatic carbocycles. The van der Waals surface area contributed by atoms with Crippen molar-refractivity contribution in [3.05, 3.63) is 47.2 Å². The number of alkyl halides is 3. The van der Waals surface area contributed by atoms with Gasteiger partial charge in [-0.15, -0.1) is 0 Å². The minimum atomic E-state index is -4.44. The van der Waals surface area contributed by atoms with E-state index >= 15 is 0 Å². The molecule has 0 fully saturated rings. The summed E-state index contributed by atoms with van der Waals surface area (Å²) < 4.78 is 38.3. The highest BCUT2D eigenvalue weighted by molar-refractivity contribution is 5.94. The Balaban J connectivity index is 2.06. The molecule has 0 aromatic heterocycles. The molecule has 2 rings (SSSR count). The van der Waals surface area contributed by atoms with Crippen molar-refractivity contribution in [3.63, 3.8) is 0 Å². The number of nitrogens with one attached hydrogen (secondary N) is 2. The number of halogens is 3. The van der Waals surface area contributed by atoms with Crippen molar-refractivity contribution in [1.82, 2.24) is 10.6 Å². The molecule has 2 N–H and O–H groups in total. The summed E-state index contributed by atoms with van der Waals surface area (Å²) >= 11 is 0. The molecule has 4 nitrogen and oxygen atoms in total. The van der Waals surface area contributed by atoms with Crippen LogP contribution in [0.5, 0.6) is 0 Å². The number of carbonyl (C=O) groups is 1. The summed E-state index contributed by atoms with van der Waals surface area (Å²) in [5.74, 6) is -0.500. The molecule has 0 unspecified atom stereocenters. The number of nitrogens with zero attached hydrogens (tertiary/aromatic N) is 1. The van der Waals surface area contributed by atoms with Gasteiger partial charge in [-0.1, -0.05) is 18.2 Å². The van der Waals surface area contributed by atoms with E-state index in [4.69, 9.17) is 0 Å². The second-order valence-corrected chi connectivity index (χ2v) is 4.09. The van der Waals surface area contributed by atoms with Gasteiger partial charge in [0.25, 0.3) is 5.91 Å². The maximum absolute atomic E-state index is 12.8. The molecule has 1 aliphatic heterocycles. The van der Waals surface area contributed by atoms with Crippen molar-refractivity contribution in [2.24, 2.45) is 4.99 Å². The number of hydrogen-bond acceptors (Lipinski definition) is 3. The van der Waals surface area contributed by atoms with Crippen molar-refractivity contribution in [3.8, 4) is 0 Å². The molecule has 1 aromatic carbocycles. The van der Waals surface area contributed by atoms with Gasteiger partial charge in [0.2, 0.25) is 0 Å². The minimum absolute atomic E-state index is 0.0202. The zero-order valence-corrected chi connectivity index (χ0v) is 10.4. The third-order valence-electron chi connectivity index (χ3n) is 2.70. The summed E-state index contributed by atoms with van der Waals surface area (Å²) in [6, 6.07) is 5.14. The quantitative estimate of drug-likeness (QED) is 0.889. The maximum Gasteiger partial charge on any atom is 0.416 e. The predicted molar refractivity (Wildman–Crippen MR) is 67.9 cm³/mol. The molecule has 0 radical (unpaired) electrons. The van der Waals surface area contributed by atoms with Gasteiger partial charge in [-0.2, -0.15) is 13.2 Å². The van der Waals surface area contributed by atoms with Crippen LogP contribution in [0.25, 0.3) is 0 Å². The number of rotatable bonds is 3. The Kier molecular flexibility index (Phi) is 4.07. The Bertz CT molecular complexity index is 564. The van der Waals surface area contributed by atoms with E-state index in [-0.39, 0.29) is 17.8 Å². The number of hydrogen-bond donors (Lipinski definition) is 2. The van der Waals surface area contributed by atoms with Gasteiger partial charge in [-0.05, 0) is 17.7 Å². The third kappa shape index (κ3) is 3.37. The first-order valence-electron chi connectivity index (χ1n) is 5.88. The van der Waals surface area contributed by atoms with E-state index in [1.807, 2.05) is 0 Å². The van der Waals surface area contributed by atoms with Crippen LogP contribution >= 0.6 is 0 Å². The lowest BCUT2D eigenvalue weighted by molar-refractivity contribution is -0.138. The highest BCUT2D eigenvalue weighted by atomic mass is 19.4. The van der Waals surface area contributed by atoms with E-state index in [0.717, 1.165) is 6.07 Å². The van der Waals surface area contributed by atoms with E-state index in [2.05, 4.69) is 15.6 Å². The number of aliphatic imine (C=N–C) groups is 1. The van der Waals surface area contributed by atoms with Gasteiger partial charge in [-0.25, -0.2) is 4.99 Å². The zero-order valence-electron chi connectivity index (χ0n) is 10.4. The second-order valence-electron chi connectivity index (χ2n) is 4.09. The van der Waals surface area contributed by atoms with Crippen LogP contribution in [0.4, 0.5) is 13.2 Å². The van der Waals surface area contributed by atoms with Crippen LogP contribution in [0.2, 0.25) is 0 Å². The van der Waals surface area contributed by atoms with Crippen molar-refractivity contribution >= 4 is 12.2 Å². The molecule has 0 saturated heterocycles. The Hall–Kier alpha value is -2.31. The Morgan fingerprint density at radius 2 is 2.10 bits per heavy atom. The van der Waals surface area contributed by atoms with Crippen LogP contribution in [-0.4, -0.2) is 18.8 Å². The van der Waals surface area contributed by atoms with Crippen LogP contribution in [-0.2, 0) is 17.5 Å². The lowest BCUT2D eigenvalue weighted by Gasteiger charge is -2.13. The molecule has 20 heavy (non-hydrogen) atoms. The monoisotopic (exact) mass is 283 g/mol. The fraction of sp³-hybridized carbons (Fsp3) is 0.231. The van der Waals surface area contributed by atoms with Gasteiger partial charge in [0, 0.05) is 13.1 Å². The fourth-order valence-electron chi connectivity index (χ4n) is 1.74. The van der Waals surface area contributed by atoms with Crippen LogP contribution in [0.3, 0.4) is 0 Å². The van der Waals surface area contributed by atoms with E-state index < -0.39 is 17.6 Å². The van der Waals surface area contributed by atoms with Crippen LogP contribution in [0, 0.1) is 0 Å². The maximum atomic E-state index is 12.8. The largest absolute Gasteiger partial charge is 0.416 e. The molecule has 7 heteroatoms. The highest BCUT2D eigenvalue weighted by Crippen LogP contribution is 2.31. The first-order valence-corrected chi connectivity index (χ1v) is 5.88. The molecule has 1 aromatic rings. The molecule has 0 bridgehead atoms. The smallest absolute Gasteiger partial charge is 0.373 e. The molecular weight excluding hydrogens is 271 g/mol. The standard InChI is InChI=1S/C13H12F3N3O/c14-13(15,16)10-4-2-1-3-9(10)7-18-12(20)11-5-6-17-8-19-11/h1-5,8H,6-7H2,(H,17,19)(H,18,20). The number of carbonyl (C=O) groups excluding carboxylic acids is 1.